The highest BCUT2D eigenvalue weighted by Crippen LogP contribution is 2.14. The van der Waals surface area contributed by atoms with Crippen LogP contribution in [0.5, 0.6) is 0 Å². The number of benzene rings is 2. The molecule has 0 saturated carbocycles. The maximum atomic E-state index is 9.34. The van der Waals surface area contributed by atoms with Crippen molar-refractivity contribution >= 4 is 11.4 Å². The summed E-state index contributed by atoms with van der Waals surface area (Å²) in [5, 5.41) is 12.8. The van der Waals surface area contributed by atoms with Gasteiger partial charge in [0, 0.05) is 17.8 Å². The van der Waals surface area contributed by atoms with E-state index in [0.717, 1.165) is 17.8 Å². The molecule has 2 aromatic rings. The Morgan fingerprint density at radius 1 is 1.05 bits per heavy atom. The first-order valence-corrected chi connectivity index (χ1v) is 7.02. The van der Waals surface area contributed by atoms with Crippen LogP contribution in [0.15, 0.2) is 78.0 Å². The summed E-state index contributed by atoms with van der Waals surface area (Å²) in [4.78, 5) is 2.17. The maximum Gasteiger partial charge on any atom is 0.106 e. The third-order valence-electron chi connectivity index (χ3n) is 3.25. The highest BCUT2D eigenvalue weighted by molar-refractivity contribution is 6.03. The van der Waals surface area contributed by atoms with Crippen LogP contribution in [0.4, 0.5) is 5.69 Å². The SMILES string of the molecule is C/C=C/CN(C/C(=N/O)c1ccccc1)c1ccccc1. The fourth-order valence-corrected chi connectivity index (χ4v) is 2.12. The Kier molecular flexibility index (Phi) is 5.59. The first-order valence-electron chi connectivity index (χ1n) is 7.02. The van der Waals surface area contributed by atoms with Gasteiger partial charge in [0.05, 0.1) is 6.54 Å². The quantitative estimate of drug-likeness (QED) is 0.376. The van der Waals surface area contributed by atoms with Gasteiger partial charge in [-0.15, -0.1) is 0 Å². The molecule has 0 fully saturated rings. The average molecular weight is 280 g/mol. The second-order valence-corrected chi connectivity index (χ2v) is 4.70. The molecule has 0 spiro atoms. The van der Waals surface area contributed by atoms with Gasteiger partial charge in [0.15, 0.2) is 0 Å². The van der Waals surface area contributed by atoms with E-state index >= 15 is 0 Å². The number of allylic oxidation sites excluding steroid dienone is 1. The van der Waals surface area contributed by atoms with Gasteiger partial charge in [0.2, 0.25) is 0 Å². The largest absolute Gasteiger partial charge is 0.411 e. The van der Waals surface area contributed by atoms with Gasteiger partial charge in [0.25, 0.3) is 0 Å². The molecule has 0 saturated heterocycles. The Morgan fingerprint density at radius 3 is 2.24 bits per heavy atom. The van der Waals surface area contributed by atoms with Crippen LogP contribution in [0, 0.1) is 0 Å². The molecule has 0 aliphatic carbocycles. The van der Waals surface area contributed by atoms with Crippen LogP contribution in [-0.2, 0) is 0 Å². The van der Waals surface area contributed by atoms with Crippen molar-refractivity contribution in [3.05, 3.63) is 78.4 Å². The third-order valence-corrected chi connectivity index (χ3v) is 3.25. The number of nitrogens with zero attached hydrogens (tertiary/aromatic N) is 2. The molecule has 0 heterocycles. The molecule has 2 aromatic carbocycles. The van der Waals surface area contributed by atoms with Crippen molar-refractivity contribution < 1.29 is 5.21 Å². The number of oxime groups is 1. The molecule has 3 nitrogen and oxygen atoms in total. The van der Waals surface area contributed by atoms with Crippen LogP contribution in [0.3, 0.4) is 0 Å². The standard InChI is InChI=1S/C18H20N2O/c1-2-3-14-20(17-12-8-5-9-13-17)15-18(19-21)16-10-6-4-7-11-16/h2-13,21H,14-15H2,1H3/b3-2+,19-18-. The van der Waals surface area contributed by atoms with Crippen molar-refractivity contribution in [1.29, 1.82) is 0 Å². The van der Waals surface area contributed by atoms with E-state index in [0.29, 0.717) is 12.3 Å². The van der Waals surface area contributed by atoms with Gasteiger partial charge in [-0.1, -0.05) is 65.8 Å². The normalized spacial score (nSPS) is 11.8. The van der Waals surface area contributed by atoms with Gasteiger partial charge < -0.3 is 10.1 Å². The fourth-order valence-electron chi connectivity index (χ4n) is 2.12. The molecule has 0 aliphatic heterocycles. The number of para-hydroxylation sites is 1. The first-order chi connectivity index (χ1) is 10.3. The predicted molar refractivity (Wildman–Crippen MR) is 88.2 cm³/mol. The topological polar surface area (TPSA) is 35.8 Å². The molecule has 21 heavy (non-hydrogen) atoms. The zero-order valence-corrected chi connectivity index (χ0v) is 12.2. The number of hydrogen-bond acceptors (Lipinski definition) is 3. The molecule has 2 rings (SSSR count). The summed E-state index contributed by atoms with van der Waals surface area (Å²) in [6, 6.07) is 19.9. The van der Waals surface area contributed by atoms with E-state index in [1.54, 1.807) is 0 Å². The Hall–Kier alpha value is -2.55. The maximum absolute atomic E-state index is 9.34. The number of hydrogen-bond donors (Lipinski definition) is 1. The van der Waals surface area contributed by atoms with Crippen LogP contribution in [0.2, 0.25) is 0 Å². The van der Waals surface area contributed by atoms with Crippen LogP contribution >= 0.6 is 0 Å². The van der Waals surface area contributed by atoms with E-state index in [2.05, 4.69) is 28.3 Å². The molecule has 0 amide bonds. The summed E-state index contributed by atoms with van der Waals surface area (Å²) in [5.41, 5.74) is 2.69. The van der Waals surface area contributed by atoms with Gasteiger partial charge in [-0.2, -0.15) is 0 Å². The Balaban J connectivity index is 2.22. The van der Waals surface area contributed by atoms with Crippen LogP contribution in [0.1, 0.15) is 12.5 Å². The van der Waals surface area contributed by atoms with Gasteiger partial charge in [-0.05, 0) is 19.1 Å². The molecule has 3 heteroatoms. The minimum atomic E-state index is 0.550. The van der Waals surface area contributed by atoms with E-state index in [4.69, 9.17) is 0 Å². The summed E-state index contributed by atoms with van der Waals surface area (Å²) in [7, 11) is 0. The molecule has 1 N–H and O–H groups in total. The van der Waals surface area contributed by atoms with Crippen LogP contribution in [0.25, 0.3) is 0 Å². The zero-order valence-electron chi connectivity index (χ0n) is 12.2. The second-order valence-electron chi connectivity index (χ2n) is 4.70. The lowest BCUT2D eigenvalue weighted by molar-refractivity contribution is 0.318. The Labute approximate surface area is 125 Å². The van der Waals surface area contributed by atoms with Gasteiger partial charge in [-0.25, -0.2) is 0 Å². The van der Waals surface area contributed by atoms with Gasteiger partial charge in [0.1, 0.15) is 5.71 Å². The van der Waals surface area contributed by atoms with Gasteiger partial charge in [-0.3, -0.25) is 0 Å². The minimum absolute atomic E-state index is 0.550. The lowest BCUT2D eigenvalue weighted by atomic mass is 10.1. The lowest BCUT2D eigenvalue weighted by Gasteiger charge is -2.23. The second kappa shape index (κ2) is 7.90. The summed E-state index contributed by atoms with van der Waals surface area (Å²) in [6.45, 7) is 3.32. The van der Waals surface area contributed by atoms with Crippen molar-refractivity contribution in [1.82, 2.24) is 0 Å². The minimum Gasteiger partial charge on any atom is -0.411 e. The smallest absolute Gasteiger partial charge is 0.106 e. The monoisotopic (exact) mass is 280 g/mol. The molecule has 0 unspecified atom stereocenters. The van der Waals surface area contributed by atoms with E-state index in [-0.39, 0.29) is 0 Å². The molecule has 0 radical (unpaired) electrons. The van der Waals surface area contributed by atoms with Crippen molar-refractivity contribution in [2.24, 2.45) is 5.16 Å². The lowest BCUT2D eigenvalue weighted by Crippen LogP contribution is -2.30. The van der Waals surface area contributed by atoms with Crippen LogP contribution in [-0.4, -0.2) is 24.0 Å². The predicted octanol–water partition coefficient (Wildman–Crippen LogP) is 3.95. The fraction of sp³-hybridized carbons (Fsp3) is 0.167. The molecule has 0 aromatic heterocycles. The number of anilines is 1. The molecular weight excluding hydrogens is 260 g/mol. The van der Waals surface area contributed by atoms with E-state index in [9.17, 15) is 5.21 Å². The first kappa shape index (κ1) is 14.9. The van der Waals surface area contributed by atoms with E-state index in [1.165, 1.54) is 0 Å². The van der Waals surface area contributed by atoms with Crippen molar-refractivity contribution in [3.63, 3.8) is 0 Å². The summed E-state index contributed by atoms with van der Waals surface area (Å²) >= 11 is 0. The summed E-state index contributed by atoms with van der Waals surface area (Å²) in [5.74, 6) is 0. The van der Waals surface area contributed by atoms with Gasteiger partial charge >= 0.3 is 0 Å². The Morgan fingerprint density at radius 2 is 1.67 bits per heavy atom. The summed E-state index contributed by atoms with van der Waals surface area (Å²) < 4.78 is 0. The number of rotatable bonds is 6. The highest BCUT2D eigenvalue weighted by atomic mass is 16.4. The molecular formula is C18H20N2O. The average Bonchev–Trinajstić information content (AvgIpc) is 2.57. The van der Waals surface area contributed by atoms with E-state index in [1.807, 2.05) is 61.5 Å². The van der Waals surface area contributed by atoms with Crippen molar-refractivity contribution in [2.45, 2.75) is 6.92 Å². The summed E-state index contributed by atoms with van der Waals surface area (Å²) in [6.07, 6.45) is 4.11. The molecule has 0 atom stereocenters. The molecule has 108 valence electrons. The Bertz CT molecular complexity index is 591. The molecule has 0 aliphatic rings. The third kappa shape index (κ3) is 4.21. The van der Waals surface area contributed by atoms with Crippen LogP contribution < -0.4 is 4.90 Å². The molecule has 0 bridgehead atoms. The highest BCUT2D eigenvalue weighted by Gasteiger charge is 2.11. The van der Waals surface area contributed by atoms with Crippen molar-refractivity contribution in [2.75, 3.05) is 18.0 Å². The van der Waals surface area contributed by atoms with Crippen molar-refractivity contribution in [3.8, 4) is 0 Å². The van der Waals surface area contributed by atoms with E-state index < -0.39 is 0 Å². The zero-order chi connectivity index (χ0) is 14.9.